The average molecular weight is 728 g/mol. The summed E-state index contributed by atoms with van der Waals surface area (Å²) in [5.74, 6) is -8.09. The van der Waals surface area contributed by atoms with Crippen molar-refractivity contribution < 1.29 is 53.4 Å². The lowest BCUT2D eigenvalue weighted by Gasteiger charge is -2.31. The van der Waals surface area contributed by atoms with Crippen LogP contribution in [0.25, 0.3) is 0 Å². The molecule has 0 unspecified atom stereocenters. The number of carbonyl (C=O) groups is 9. The van der Waals surface area contributed by atoms with Crippen LogP contribution >= 0.6 is 0 Å². The first-order valence-corrected chi connectivity index (χ1v) is 16.7. The Kier molecular flexibility index (Phi) is 18.5. The van der Waals surface area contributed by atoms with Crippen LogP contribution in [-0.2, 0) is 43.2 Å². The molecule has 20 heteroatoms. The second-order valence-corrected chi connectivity index (χ2v) is 13.1. The van der Waals surface area contributed by atoms with Crippen LogP contribution in [0.3, 0.4) is 0 Å². The summed E-state index contributed by atoms with van der Waals surface area (Å²) in [4.78, 5) is 114. The van der Waals surface area contributed by atoms with Crippen LogP contribution in [0.1, 0.15) is 66.7 Å². The highest BCUT2D eigenvalue weighted by molar-refractivity contribution is 5.97. The molecule has 1 heterocycles. The molecule has 1 saturated heterocycles. The van der Waals surface area contributed by atoms with Gasteiger partial charge in [0.2, 0.25) is 47.3 Å². The molecule has 288 valence electrons. The Morgan fingerprint density at radius 3 is 1.92 bits per heavy atom. The van der Waals surface area contributed by atoms with Crippen molar-refractivity contribution >= 4 is 53.2 Å². The van der Waals surface area contributed by atoms with Gasteiger partial charge in [0, 0.05) is 13.0 Å². The van der Waals surface area contributed by atoms with Gasteiger partial charge in [-0.2, -0.15) is 0 Å². The Morgan fingerprint density at radius 1 is 0.784 bits per heavy atom. The van der Waals surface area contributed by atoms with Crippen molar-refractivity contribution in [3.8, 4) is 0 Å². The Bertz CT molecular complexity index is 1290. The number of carbonyl (C=O) groups excluding carboxylic acids is 8. The maximum absolute atomic E-state index is 13.6. The molecular weight excluding hydrogens is 674 g/mol. The molecule has 51 heavy (non-hydrogen) atoms. The van der Waals surface area contributed by atoms with Gasteiger partial charge in [-0.15, -0.1) is 0 Å². The zero-order chi connectivity index (χ0) is 39.0. The van der Waals surface area contributed by atoms with E-state index in [0.717, 1.165) is 0 Å². The van der Waals surface area contributed by atoms with Crippen molar-refractivity contribution in [2.75, 3.05) is 26.2 Å². The summed E-state index contributed by atoms with van der Waals surface area (Å²) in [6.45, 7) is 6.60. The Balaban J connectivity index is 3.18. The third kappa shape index (κ3) is 15.3. The normalized spacial score (nSPS) is 17.0. The SMILES string of the molecule is CC(C)C[C@H](NC(=O)[C@@H](NC(=O)CNC(=O)CN)[C@@H](C)O)C(=O)N[C@H](C(=O)N[C@@H](CCC(N)=O)C(=O)N1CCC[C@H]1C(=O)NCC(=O)O)C(C)C. The van der Waals surface area contributed by atoms with E-state index in [1.807, 2.05) is 0 Å². The first-order chi connectivity index (χ1) is 23.8. The van der Waals surface area contributed by atoms with Crippen molar-refractivity contribution in [1.29, 1.82) is 0 Å². The molecule has 0 radical (unpaired) electrons. The summed E-state index contributed by atoms with van der Waals surface area (Å²) in [5.41, 5.74) is 10.5. The molecule has 1 fully saturated rings. The van der Waals surface area contributed by atoms with Gasteiger partial charge in [0.15, 0.2) is 0 Å². The van der Waals surface area contributed by atoms with Gasteiger partial charge >= 0.3 is 5.97 Å². The van der Waals surface area contributed by atoms with E-state index in [-0.39, 0.29) is 44.7 Å². The second-order valence-electron chi connectivity index (χ2n) is 13.1. The molecule has 0 aliphatic carbocycles. The number of nitrogens with one attached hydrogen (secondary N) is 6. The number of aliphatic carboxylic acids is 1. The van der Waals surface area contributed by atoms with E-state index in [1.165, 1.54) is 11.8 Å². The number of carboxylic acid groups (broad SMARTS) is 1. The predicted octanol–water partition coefficient (Wildman–Crippen LogP) is -4.46. The fourth-order valence-electron chi connectivity index (χ4n) is 5.22. The van der Waals surface area contributed by atoms with Gasteiger partial charge in [-0.3, -0.25) is 43.2 Å². The average Bonchev–Trinajstić information content (AvgIpc) is 3.54. The minimum atomic E-state index is -1.52. The lowest BCUT2D eigenvalue weighted by molar-refractivity contribution is -0.143. The van der Waals surface area contributed by atoms with Gasteiger partial charge in [-0.05, 0) is 44.4 Å². The second kappa shape index (κ2) is 21.4. The van der Waals surface area contributed by atoms with E-state index in [9.17, 15) is 48.3 Å². The fourth-order valence-corrected chi connectivity index (χ4v) is 5.22. The maximum Gasteiger partial charge on any atom is 0.322 e. The number of nitrogens with zero attached hydrogens (tertiary/aromatic N) is 1. The number of aliphatic hydroxyl groups excluding tert-OH is 1. The molecule has 1 aliphatic rings. The van der Waals surface area contributed by atoms with Crippen LogP contribution in [-0.4, -0.2) is 131 Å². The predicted molar refractivity (Wildman–Crippen MR) is 180 cm³/mol. The fraction of sp³-hybridized carbons (Fsp3) is 0.710. The number of hydrogen-bond acceptors (Lipinski definition) is 11. The highest BCUT2D eigenvalue weighted by Gasteiger charge is 2.39. The third-order valence-corrected chi connectivity index (χ3v) is 7.85. The van der Waals surface area contributed by atoms with Crippen molar-refractivity contribution in [2.24, 2.45) is 23.3 Å². The standard InChI is InChI=1S/C31H53N9O11/c1-15(2)11-19(37-30(50)26(17(5)41)38-23(44)13-34-22(43)12-32)27(47)39-25(16(3)4)29(49)36-18(8-9-21(33)42)31(51)40-10-6-7-20(40)28(48)35-14-24(45)46/h15-20,25-26,41H,6-14,32H2,1-5H3,(H2,33,42)(H,34,43)(H,35,48)(H,36,49)(H,37,50)(H,38,44)(H,39,47)(H,45,46)/t17-,18+,19+,20+,25+,26+/m1/s1. The number of likely N-dealkylation sites (tertiary alicyclic amines) is 1. The Morgan fingerprint density at radius 2 is 1.39 bits per heavy atom. The Labute approximate surface area is 295 Å². The van der Waals surface area contributed by atoms with E-state index in [4.69, 9.17) is 16.6 Å². The summed E-state index contributed by atoms with van der Waals surface area (Å²) in [6.07, 6.45) is -1.20. The molecule has 0 spiro atoms. The minimum Gasteiger partial charge on any atom is -0.480 e. The zero-order valence-electron chi connectivity index (χ0n) is 29.7. The van der Waals surface area contributed by atoms with Crippen LogP contribution in [0.5, 0.6) is 0 Å². The molecule has 1 aliphatic heterocycles. The first kappa shape index (κ1) is 44.2. The molecule has 20 nitrogen and oxygen atoms in total. The number of hydrogen-bond donors (Lipinski definition) is 10. The molecule has 1 rings (SSSR count). The maximum atomic E-state index is 13.6. The van der Waals surface area contributed by atoms with Crippen molar-refractivity contribution in [3.63, 3.8) is 0 Å². The molecule has 8 amide bonds. The van der Waals surface area contributed by atoms with Gasteiger partial charge in [0.1, 0.15) is 36.8 Å². The smallest absolute Gasteiger partial charge is 0.322 e. The lowest BCUT2D eigenvalue weighted by atomic mass is 9.98. The van der Waals surface area contributed by atoms with Crippen LogP contribution < -0.4 is 43.4 Å². The van der Waals surface area contributed by atoms with Crippen molar-refractivity contribution in [1.82, 2.24) is 36.8 Å². The number of primary amides is 1. The zero-order valence-corrected chi connectivity index (χ0v) is 29.7. The lowest BCUT2D eigenvalue weighted by Crippen LogP contribution is -2.61. The molecule has 0 aromatic rings. The highest BCUT2D eigenvalue weighted by atomic mass is 16.4. The molecule has 0 bridgehead atoms. The van der Waals surface area contributed by atoms with Crippen LogP contribution in [0.2, 0.25) is 0 Å². The molecule has 0 saturated carbocycles. The van der Waals surface area contributed by atoms with Crippen molar-refractivity contribution in [2.45, 2.75) is 103 Å². The molecule has 0 aromatic carbocycles. The van der Waals surface area contributed by atoms with E-state index >= 15 is 0 Å². The highest BCUT2D eigenvalue weighted by Crippen LogP contribution is 2.20. The summed E-state index contributed by atoms with van der Waals surface area (Å²) in [7, 11) is 0. The first-order valence-electron chi connectivity index (χ1n) is 16.7. The molecule has 6 atom stereocenters. The minimum absolute atomic E-state index is 0.0804. The molecule has 12 N–H and O–H groups in total. The summed E-state index contributed by atoms with van der Waals surface area (Å²) in [5, 5.41) is 33.6. The van der Waals surface area contributed by atoms with Gasteiger partial charge in [0.05, 0.1) is 19.2 Å². The number of carboxylic acids is 1. The Hall–Kier alpha value is -4.85. The number of rotatable bonds is 21. The monoisotopic (exact) mass is 727 g/mol. The van der Waals surface area contributed by atoms with E-state index in [2.05, 4.69) is 31.9 Å². The van der Waals surface area contributed by atoms with Gasteiger partial charge in [-0.1, -0.05) is 27.7 Å². The van der Waals surface area contributed by atoms with Crippen LogP contribution in [0.15, 0.2) is 0 Å². The van der Waals surface area contributed by atoms with Crippen LogP contribution in [0.4, 0.5) is 0 Å². The summed E-state index contributed by atoms with van der Waals surface area (Å²) in [6, 6.07) is -6.38. The molecular formula is C31H53N9O11. The van der Waals surface area contributed by atoms with E-state index < -0.39 is 109 Å². The summed E-state index contributed by atoms with van der Waals surface area (Å²) < 4.78 is 0. The number of amides is 8. The van der Waals surface area contributed by atoms with Crippen molar-refractivity contribution in [3.05, 3.63) is 0 Å². The topological polar surface area (TPSA) is 322 Å². The third-order valence-electron chi connectivity index (χ3n) is 7.85. The number of nitrogens with two attached hydrogens (primary N) is 2. The number of aliphatic hydroxyl groups is 1. The van der Waals surface area contributed by atoms with Gasteiger partial charge in [-0.25, -0.2) is 0 Å². The summed E-state index contributed by atoms with van der Waals surface area (Å²) >= 11 is 0. The quantitative estimate of drug-likeness (QED) is 0.0535. The van der Waals surface area contributed by atoms with E-state index in [0.29, 0.717) is 6.42 Å². The molecule has 0 aromatic heterocycles. The van der Waals surface area contributed by atoms with Gasteiger partial charge < -0.3 is 58.5 Å². The van der Waals surface area contributed by atoms with E-state index in [1.54, 1.807) is 27.7 Å². The largest absolute Gasteiger partial charge is 0.480 e. The van der Waals surface area contributed by atoms with Gasteiger partial charge in [0.25, 0.3) is 0 Å². The van der Waals surface area contributed by atoms with Crippen LogP contribution in [0, 0.1) is 11.8 Å².